The third kappa shape index (κ3) is 632. The number of rotatable bonds is 0. The van der Waals surface area contributed by atoms with Crippen molar-refractivity contribution < 1.29 is 82.9 Å². The summed E-state index contributed by atoms with van der Waals surface area (Å²) in [6, 6.07) is 0. The van der Waals surface area contributed by atoms with Crippen molar-refractivity contribution in [3.63, 3.8) is 0 Å². The fourth-order valence-electron chi connectivity index (χ4n) is 0. The van der Waals surface area contributed by atoms with Crippen LogP contribution in [0.3, 0.4) is 0 Å². The standard InChI is InChI=1S/Ce.4HNO3/c;4*2-1(3)4/h;4*(H,2,3,4). The molecule has 0 fully saturated rings. The molecule has 0 aliphatic rings. The Hall–Kier alpha value is -1.82. The molecule has 0 aliphatic heterocycles. The smallest absolute Gasteiger partial charge is 0.291 e. The zero-order chi connectivity index (χ0) is 14.3. The van der Waals surface area contributed by atoms with Gasteiger partial charge in [-0.15, -0.1) is 40.5 Å². The van der Waals surface area contributed by atoms with Gasteiger partial charge in [0.2, 0.25) is 0 Å². The molecule has 0 aromatic rings. The molecule has 0 aromatic heterocycles. The van der Waals surface area contributed by atoms with E-state index in [0.29, 0.717) is 0 Å². The van der Waals surface area contributed by atoms with Crippen molar-refractivity contribution in [2.24, 2.45) is 0 Å². The Bertz CT molecular complexity index is 159. The van der Waals surface area contributed by atoms with Gasteiger partial charge in [0.15, 0.2) is 0 Å². The minimum atomic E-state index is -1.50. The molecule has 0 aliphatic carbocycles. The van der Waals surface area contributed by atoms with Gasteiger partial charge in [-0.2, -0.15) is 0 Å². The molecular weight excluding hydrogens is 388 g/mol. The van der Waals surface area contributed by atoms with Crippen molar-refractivity contribution in [3.8, 4) is 0 Å². The van der Waals surface area contributed by atoms with Crippen LogP contribution in [-0.4, -0.2) is 41.2 Å². The van der Waals surface area contributed by atoms with Crippen LogP contribution in [0.15, 0.2) is 0 Å². The largest absolute Gasteiger partial charge is 0.328 e. The van der Waals surface area contributed by atoms with Crippen LogP contribution in [0, 0.1) is 82.2 Å². The van der Waals surface area contributed by atoms with Crippen LogP contribution in [0.4, 0.5) is 0 Å². The Morgan fingerprint density at radius 2 is 0.529 bits per heavy atom. The summed E-state index contributed by atoms with van der Waals surface area (Å²) in [5.74, 6) is 0. The average molecular weight is 392 g/mol. The fourth-order valence-corrected chi connectivity index (χ4v) is 0. The van der Waals surface area contributed by atoms with Crippen LogP contribution in [0.5, 0.6) is 0 Å². The van der Waals surface area contributed by atoms with Crippen molar-refractivity contribution in [3.05, 3.63) is 40.5 Å². The Morgan fingerprint density at radius 3 is 0.529 bits per heavy atom. The predicted octanol–water partition coefficient (Wildman–Crippen LogP) is -1.39. The normalized spacial score (nSPS) is 5.65. The molecule has 0 aromatic carbocycles. The Morgan fingerprint density at radius 1 is 0.529 bits per heavy atom. The molecule has 0 bridgehead atoms. The van der Waals surface area contributed by atoms with Gasteiger partial charge >= 0.3 is 0 Å². The van der Waals surface area contributed by atoms with Gasteiger partial charge in [-0.3, -0.25) is 0 Å². The summed E-state index contributed by atoms with van der Waals surface area (Å²) in [5, 5.41) is 54.6. The van der Waals surface area contributed by atoms with Gasteiger partial charge in [0.05, 0.1) is 0 Å². The molecule has 0 saturated heterocycles. The quantitative estimate of drug-likeness (QED) is 0.274. The summed E-state index contributed by atoms with van der Waals surface area (Å²) in [6.45, 7) is 0. The summed E-state index contributed by atoms with van der Waals surface area (Å²) in [4.78, 5) is 33.4. The maximum absolute atomic E-state index is 8.36. The Kier molecular flexibility index (Phi) is 41.2. The van der Waals surface area contributed by atoms with Crippen molar-refractivity contribution in [2.75, 3.05) is 0 Å². The average Bonchev–Trinajstić information content (AvgIpc) is 1.76. The van der Waals surface area contributed by atoms with Crippen molar-refractivity contribution in [1.29, 1.82) is 0 Å². The molecule has 100 valence electrons. The van der Waals surface area contributed by atoms with Gasteiger partial charge in [0.25, 0.3) is 20.3 Å². The van der Waals surface area contributed by atoms with E-state index in [1.54, 1.807) is 0 Å². The Labute approximate surface area is 123 Å². The molecular formula is H4CeN4O12. The minimum Gasteiger partial charge on any atom is -0.328 e. The summed E-state index contributed by atoms with van der Waals surface area (Å²) < 4.78 is 0. The van der Waals surface area contributed by atoms with E-state index in [-0.39, 0.29) is 41.7 Å². The zero-order valence-electron chi connectivity index (χ0n) is 7.34. The van der Waals surface area contributed by atoms with Crippen molar-refractivity contribution in [1.82, 2.24) is 0 Å². The molecule has 0 spiro atoms. The first kappa shape index (κ1) is 29.5. The third-order valence-electron chi connectivity index (χ3n) is 0. The molecule has 0 heterocycles. The van der Waals surface area contributed by atoms with Crippen LogP contribution in [0.1, 0.15) is 0 Å². The molecule has 0 unspecified atom stereocenters. The Balaban J connectivity index is -0.0000000369. The van der Waals surface area contributed by atoms with Crippen molar-refractivity contribution >= 4 is 0 Å². The molecule has 16 nitrogen and oxygen atoms in total. The third-order valence-corrected chi connectivity index (χ3v) is 0. The van der Waals surface area contributed by atoms with Gasteiger partial charge in [0, 0.05) is 41.7 Å². The first-order valence-corrected chi connectivity index (χ1v) is 2.26. The van der Waals surface area contributed by atoms with Gasteiger partial charge in [-0.1, -0.05) is 0 Å². The van der Waals surface area contributed by atoms with E-state index in [4.69, 9.17) is 61.3 Å². The van der Waals surface area contributed by atoms with Crippen LogP contribution < -0.4 is 0 Å². The topological polar surface area (TPSA) is 253 Å². The first-order valence-electron chi connectivity index (χ1n) is 2.26. The van der Waals surface area contributed by atoms with Crippen molar-refractivity contribution in [2.45, 2.75) is 0 Å². The van der Waals surface area contributed by atoms with Gasteiger partial charge in [0.1, 0.15) is 0 Å². The number of nitrogens with zero attached hydrogens (tertiary/aromatic N) is 4. The number of hydrogen-bond acceptors (Lipinski definition) is 8. The van der Waals surface area contributed by atoms with E-state index in [0.717, 1.165) is 0 Å². The predicted molar refractivity (Wildman–Crippen MR) is 35.1 cm³/mol. The maximum Gasteiger partial charge on any atom is 0.291 e. The van der Waals surface area contributed by atoms with E-state index in [2.05, 4.69) is 0 Å². The fraction of sp³-hybridized carbons (Fsp3) is 0. The summed E-state index contributed by atoms with van der Waals surface area (Å²) in [5.41, 5.74) is 0. The molecule has 0 amide bonds. The van der Waals surface area contributed by atoms with E-state index in [1.165, 1.54) is 0 Å². The van der Waals surface area contributed by atoms with Gasteiger partial charge in [-0.05, 0) is 0 Å². The monoisotopic (exact) mass is 392 g/mol. The molecule has 4 N–H and O–H groups in total. The molecule has 0 radical (unpaired) electrons. The van der Waals surface area contributed by atoms with Gasteiger partial charge in [-0.25, -0.2) is 0 Å². The van der Waals surface area contributed by atoms with E-state index in [9.17, 15) is 0 Å². The van der Waals surface area contributed by atoms with Crippen LogP contribution in [0.2, 0.25) is 0 Å². The molecule has 17 heavy (non-hydrogen) atoms. The number of hydrogen-bond donors (Lipinski definition) is 4. The second-order valence-electron chi connectivity index (χ2n) is 0.951. The molecule has 0 atom stereocenters. The van der Waals surface area contributed by atoms with E-state index >= 15 is 0 Å². The molecule has 17 heteroatoms. The van der Waals surface area contributed by atoms with Crippen LogP contribution in [0.25, 0.3) is 0 Å². The second kappa shape index (κ2) is 23.8. The van der Waals surface area contributed by atoms with Crippen LogP contribution in [-0.2, 0) is 0 Å². The van der Waals surface area contributed by atoms with Gasteiger partial charge < -0.3 is 20.8 Å². The second-order valence-corrected chi connectivity index (χ2v) is 0.951. The minimum absolute atomic E-state index is 0. The summed E-state index contributed by atoms with van der Waals surface area (Å²) in [6.07, 6.45) is 0. The maximum atomic E-state index is 8.36. The van der Waals surface area contributed by atoms with E-state index in [1.807, 2.05) is 0 Å². The summed E-state index contributed by atoms with van der Waals surface area (Å²) >= 11 is 0. The first-order chi connectivity index (χ1) is 6.93. The molecule has 0 rings (SSSR count). The SMILES string of the molecule is O=[N+]([O-])O.O=[N+]([O-])O.O=[N+]([O-])O.O=[N+]([O-])O.[Ce]. The van der Waals surface area contributed by atoms with E-state index < -0.39 is 20.3 Å². The molecule has 0 saturated carbocycles. The summed E-state index contributed by atoms with van der Waals surface area (Å²) in [7, 11) is 0. The van der Waals surface area contributed by atoms with Crippen LogP contribution >= 0.6 is 0 Å². The zero-order valence-corrected chi connectivity index (χ0v) is 10.5.